The first-order valence-corrected chi connectivity index (χ1v) is 6.79. The van der Waals surface area contributed by atoms with Gasteiger partial charge in [0.05, 0.1) is 11.7 Å². The molecular formula is C14H21N5. The number of aliphatic imine (C=N–C) groups is 1. The van der Waals surface area contributed by atoms with Crippen LogP contribution in [0.25, 0.3) is 0 Å². The van der Waals surface area contributed by atoms with E-state index in [0.717, 1.165) is 18.0 Å². The first kappa shape index (κ1) is 13.8. The van der Waals surface area contributed by atoms with Crippen LogP contribution in [-0.2, 0) is 0 Å². The lowest BCUT2D eigenvalue weighted by Gasteiger charge is -2.20. The molecule has 2 rings (SSSR count). The summed E-state index contributed by atoms with van der Waals surface area (Å²) in [6, 6.07) is 2.19. The molecule has 3 N–H and O–H groups in total. The summed E-state index contributed by atoms with van der Waals surface area (Å²) < 4.78 is 0. The Morgan fingerprint density at radius 2 is 2.32 bits per heavy atom. The summed E-state index contributed by atoms with van der Waals surface area (Å²) in [5, 5.41) is 15.9. The quantitative estimate of drug-likeness (QED) is 0.541. The molecule has 19 heavy (non-hydrogen) atoms. The van der Waals surface area contributed by atoms with Crippen LogP contribution in [0.4, 0.5) is 5.82 Å². The van der Waals surface area contributed by atoms with Crippen molar-refractivity contribution in [2.45, 2.75) is 31.8 Å². The summed E-state index contributed by atoms with van der Waals surface area (Å²) in [6.07, 6.45) is 6.89. The number of hydrogen-bond donors (Lipinski definition) is 3. The van der Waals surface area contributed by atoms with Crippen LogP contribution in [-0.4, -0.2) is 25.3 Å². The number of hydrogen-bond acceptors (Lipinski definition) is 4. The molecule has 1 atom stereocenters. The zero-order valence-corrected chi connectivity index (χ0v) is 11.4. The van der Waals surface area contributed by atoms with Crippen molar-refractivity contribution in [3.63, 3.8) is 0 Å². The SMILES string of the molecule is C=Nc1[nH]cc(C#N)c1C(NC)NCC1CCCC1. The van der Waals surface area contributed by atoms with Gasteiger partial charge in [0, 0.05) is 11.8 Å². The fraction of sp³-hybridized carbons (Fsp3) is 0.571. The zero-order valence-electron chi connectivity index (χ0n) is 11.4. The highest BCUT2D eigenvalue weighted by Crippen LogP contribution is 2.28. The minimum absolute atomic E-state index is 0.0676. The topological polar surface area (TPSA) is 76.0 Å². The molecule has 5 heteroatoms. The highest BCUT2D eigenvalue weighted by Gasteiger charge is 2.21. The molecule has 1 aromatic rings. The third-order valence-electron chi connectivity index (χ3n) is 3.84. The van der Waals surface area contributed by atoms with E-state index in [-0.39, 0.29) is 6.17 Å². The van der Waals surface area contributed by atoms with Gasteiger partial charge in [0.2, 0.25) is 0 Å². The molecule has 1 heterocycles. The second kappa shape index (κ2) is 6.50. The second-order valence-electron chi connectivity index (χ2n) is 5.01. The van der Waals surface area contributed by atoms with E-state index in [2.05, 4.69) is 33.4 Å². The molecule has 0 spiro atoms. The van der Waals surface area contributed by atoms with E-state index in [9.17, 15) is 0 Å². The summed E-state index contributed by atoms with van der Waals surface area (Å²) in [7, 11) is 1.88. The minimum atomic E-state index is -0.0676. The van der Waals surface area contributed by atoms with Crippen molar-refractivity contribution >= 4 is 12.5 Å². The van der Waals surface area contributed by atoms with Crippen LogP contribution >= 0.6 is 0 Å². The molecule has 5 nitrogen and oxygen atoms in total. The normalized spacial score (nSPS) is 17.3. The third-order valence-corrected chi connectivity index (χ3v) is 3.84. The lowest BCUT2D eigenvalue weighted by atomic mass is 10.1. The molecule has 1 aromatic heterocycles. The molecular weight excluding hydrogens is 238 g/mol. The Kier molecular flexibility index (Phi) is 4.72. The molecule has 1 aliphatic rings. The van der Waals surface area contributed by atoms with E-state index in [0.29, 0.717) is 11.4 Å². The molecule has 1 fully saturated rings. The van der Waals surface area contributed by atoms with E-state index in [1.165, 1.54) is 25.7 Å². The van der Waals surface area contributed by atoms with Crippen LogP contribution < -0.4 is 10.6 Å². The average Bonchev–Trinajstić information content (AvgIpc) is 3.08. The van der Waals surface area contributed by atoms with Crippen molar-refractivity contribution in [1.29, 1.82) is 5.26 Å². The lowest BCUT2D eigenvalue weighted by molar-refractivity contribution is 0.408. The molecule has 0 aromatic carbocycles. The Balaban J connectivity index is 2.09. The average molecular weight is 259 g/mol. The predicted molar refractivity (Wildman–Crippen MR) is 76.5 cm³/mol. The second-order valence-corrected chi connectivity index (χ2v) is 5.01. The van der Waals surface area contributed by atoms with Gasteiger partial charge >= 0.3 is 0 Å². The van der Waals surface area contributed by atoms with Gasteiger partial charge < -0.3 is 10.3 Å². The molecule has 0 bridgehead atoms. The Morgan fingerprint density at radius 1 is 1.58 bits per heavy atom. The maximum Gasteiger partial charge on any atom is 0.136 e. The number of nitrogens with zero attached hydrogens (tertiary/aromatic N) is 2. The van der Waals surface area contributed by atoms with Crippen molar-refractivity contribution in [3.05, 3.63) is 17.3 Å². The van der Waals surface area contributed by atoms with Crippen LogP contribution in [0.15, 0.2) is 11.2 Å². The van der Waals surface area contributed by atoms with Crippen molar-refractivity contribution in [3.8, 4) is 6.07 Å². The van der Waals surface area contributed by atoms with Gasteiger partial charge in [-0.05, 0) is 39.1 Å². The van der Waals surface area contributed by atoms with Gasteiger partial charge in [-0.15, -0.1) is 0 Å². The Hall–Kier alpha value is -1.64. The van der Waals surface area contributed by atoms with E-state index in [1.54, 1.807) is 6.20 Å². The Bertz CT molecular complexity index is 465. The molecule has 1 aliphatic carbocycles. The molecule has 0 saturated heterocycles. The molecule has 0 aliphatic heterocycles. The summed E-state index contributed by atoms with van der Waals surface area (Å²) in [4.78, 5) is 6.94. The van der Waals surface area contributed by atoms with E-state index >= 15 is 0 Å². The highest BCUT2D eigenvalue weighted by atomic mass is 15.1. The number of H-pyrrole nitrogens is 1. The monoisotopic (exact) mass is 259 g/mol. The van der Waals surface area contributed by atoms with Crippen LogP contribution in [0.2, 0.25) is 0 Å². The zero-order chi connectivity index (χ0) is 13.7. The molecule has 0 amide bonds. The smallest absolute Gasteiger partial charge is 0.136 e. The number of aromatic nitrogens is 1. The molecule has 1 unspecified atom stereocenters. The summed E-state index contributed by atoms with van der Waals surface area (Å²) in [5.74, 6) is 1.41. The van der Waals surface area contributed by atoms with Crippen LogP contribution in [0.1, 0.15) is 43.0 Å². The first-order chi connectivity index (χ1) is 9.30. The fourth-order valence-electron chi connectivity index (χ4n) is 2.79. The predicted octanol–water partition coefficient (Wildman–Crippen LogP) is 2.22. The van der Waals surface area contributed by atoms with Gasteiger partial charge in [-0.25, -0.2) is 4.99 Å². The minimum Gasteiger partial charge on any atom is -0.345 e. The molecule has 102 valence electrons. The Morgan fingerprint density at radius 3 is 2.89 bits per heavy atom. The summed E-state index contributed by atoms with van der Waals surface area (Å²) >= 11 is 0. The van der Waals surface area contributed by atoms with Crippen molar-refractivity contribution < 1.29 is 0 Å². The lowest BCUT2D eigenvalue weighted by Crippen LogP contribution is -2.35. The number of rotatable bonds is 6. The summed E-state index contributed by atoms with van der Waals surface area (Å²) in [5.41, 5.74) is 1.47. The van der Waals surface area contributed by atoms with E-state index in [1.807, 2.05) is 7.05 Å². The van der Waals surface area contributed by atoms with Gasteiger partial charge in [0.15, 0.2) is 0 Å². The van der Waals surface area contributed by atoms with E-state index in [4.69, 9.17) is 5.26 Å². The van der Waals surface area contributed by atoms with Crippen LogP contribution in [0.5, 0.6) is 0 Å². The van der Waals surface area contributed by atoms with Gasteiger partial charge in [-0.3, -0.25) is 5.32 Å². The summed E-state index contributed by atoms with van der Waals surface area (Å²) in [6.45, 7) is 4.52. The third kappa shape index (κ3) is 3.03. The fourth-order valence-corrected chi connectivity index (χ4v) is 2.79. The standard InChI is InChI=1S/C14H21N5/c1-16-13(18-8-10-5-3-4-6-10)12-11(7-15)9-19-14(12)17-2/h9-10,13,16,18-19H,2-6,8H2,1H3. The maximum atomic E-state index is 9.16. The van der Waals surface area contributed by atoms with Crippen molar-refractivity contribution in [2.75, 3.05) is 13.6 Å². The van der Waals surface area contributed by atoms with Gasteiger partial charge in [-0.2, -0.15) is 5.26 Å². The number of nitriles is 1. The van der Waals surface area contributed by atoms with Crippen LogP contribution in [0.3, 0.4) is 0 Å². The number of aromatic amines is 1. The van der Waals surface area contributed by atoms with Crippen LogP contribution in [0, 0.1) is 17.2 Å². The number of nitrogens with one attached hydrogen (secondary N) is 3. The Labute approximate surface area is 114 Å². The molecule has 0 radical (unpaired) electrons. The first-order valence-electron chi connectivity index (χ1n) is 6.79. The van der Waals surface area contributed by atoms with E-state index < -0.39 is 0 Å². The van der Waals surface area contributed by atoms with Crippen molar-refractivity contribution in [1.82, 2.24) is 15.6 Å². The molecule has 1 saturated carbocycles. The largest absolute Gasteiger partial charge is 0.345 e. The van der Waals surface area contributed by atoms with Gasteiger partial charge in [0.1, 0.15) is 11.9 Å². The van der Waals surface area contributed by atoms with Crippen molar-refractivity contribution in [2.24, 2.45) is 10.9 Å². The van der Waals surface area contributed by atoms with Gasteiger partial charge in [-0.1, -0.05) is 12.8 Å². The maximum absolute atomic E-state index is 9.16. The van der Waals surface area contributed by atoms with Gasteiger partial charge in [0.25, 0.3) is 0 Å². The highest BCUT2D eigenvalue weighted by molar-refractivity contribution is 5.55.